The Morgan fingerprint density at radius 3 is 2.68 bits per heavy atom. The number of nitriles is 1. The molecule has 0 unspecified atom stereocenters. The van der Waals surface area contributed by atoms with Crippen molar-refractivity contribution >= 4 is 23.5 Å². The first-order valence-electron chi connectivity index (χ1n) is 7.02. The molecule has 1 atom stereocenters. The van der Waals surface area contributed by atoms with E-state index in [4.69, 9.17) is 5.26 Å². The number of benzene rings is 1. The van der Waals surface area contributed by atoms with Gasteiger partial charge >= 0.3 is 6.03 Å². The summed E-state index contributed by atoms with van der Waals surface area (Å²) in [5, 5.41) is 11.3. The van der Waals surface area contributed by atoms with E-state index in [9.17, 15) is 14.4 Å². The molecule has 1 aromatic carbocycles. The first-order valence-corrected chi connectivity index (χ1v) is 7.02. The molecule has 1 N–H and O–H groups in total. The van der Waals surface area contributed by atoms with E-state index in [2.05, 4.69) is 5.32 Å². The number of fused-ring (bicyclic) bond motifs is 1. The molecule has 0 bridgehead atoms. The molecule has 7 nitrogen and oxygen atoms in total. The molecule has 2 aliphatic rings. The highest BCUT2D eigenvalue weighted by Gasteiger charge is 2.47. The normalized spacial score (nSPS) is 20.0. The van der Waals surface area contributed by atoms with E-state index in [-0.39, 0.29) is 18.5 Å². The molecule has 4 amide bonds. The molecule has 3 rings (SSSR count). The smallest absolute Gasteiger partial charge is 0.325 e. The minimum atomic E-state index is -0.437. The Labute approximate surface area is 127 Å². The van der Waals surface area contributed by atoms with Gasteiger partial charge < -0.3 is 10.2 Å². The minimum absolute atomic E-state index is 0.287. The van der Waals surface area contributed by atoms with Crippen LogP contribution in [0, 0.1) is 11.3 Å². The van der Waals surface area contributed by atoms with E-state index >= 15 is 0 Å². The highest BCUT2D eigenvalue weighted by molar-refractivity contribution is 6.08. The van der Waals surface area contributed by atoms with Gasteiger partial charge in [0.1, 0.15) is 12.6 Å². The molecule has 0 spiro atoms. The maximum atomic E-state index is 12.1. The summed E-state index contributed by atoms with van der Waals surface area (Å²) in [5.74, 6) is -0.731. The van der Waals surface area contributed by atoms with Crippen molar-refractivity contribution in [3.63, 3.8) is 0 Å². The third-order valence-corrected chi connectivity index (χ3v) is 3.88. The molecule has 22 heavy (non-hydrogen) atoms. The van der Waals surface area contributed by atoms with Crippen LogP contribution >= 0.6 is 0 Å². The number of nitrogens with one attached hydrogen (secondary N) is 1. The lowest BCUT2D eigenvalue weighted by Crippen LogP contribution is -2.39. The molecular formula is C15H14N4O3. The van der Waals surface area contributed by atoms with Crippen LogP contribution in [0.3, 0.4) is 0 Å². The van der Waals surface area contributed by atoms with E-state index in [1.807, 2.05) is 6.07 Å². The lowest BCUT2D eigenvalue weighted by atomic mass is 10.2. The molecule has 0 aliphatic carbocycles. The van der Waals surface area contributed by atoms with Gasteiger partial charge in [0.05, 0.1) is 11.6 Å². The molecule has 2 saturated heterocycles. The van der Waals surface area contributed by atoms with Crippen LogP contribution in [0.4, 0.5) is 10.5 Å². The number of imide groups is 1. The fraction of sp³-hybridized carbons (Fsp3) is 0.333. The van der Waals surface area contributed by atoms with Crippen molar-refractivity contribution < 1.29 is 14.4 Å². The van der Waals surface area contributed by atoms with E-state index < -0.39 is 11.9 Å². The average Bonchev–Trinajstić information content (AvgIpc) is 3.08. The zero-order valence-electron chi connectivity index (χ0n) is 11.8. The molecule has 112 valence electrons. The summed E-state index contributed by atoms with van der Waals surface area (Å²) in [5.41, 5.74) is 1.01. The Hall–Kier alpha value is -2.88. The number of carbonyl (C=O) groups excluding carboxylic acids is 3. The lowest BCUT2D eigenvalue weighted by molar-refractivity contribution is -0.131. The van der Waals surface area contributed by atoms with Gasteiger partial charge in [-0.25, -0.2) is 4.79 Å². The van der Waals surface area contributed by atoms with Crippen LogP contribution in [0.15, 0.2) is 24.3 Å². The molecule has 0 saturated carbocycles. The second-order valence-electron chi connectivity index (χ2n) is 5.30. The molecule has 2 heterocycles. The number of anilines is 1. The van der Waals surface area contributed by atoms with Gasteiger partial charge in [-0.3, -0.25) is 14.5 Å². The highest BCUT2D eigenvalue weighted by Crippen LogP contribution is 2.27. The molecule has 2 fully saturated rings. The molecule has 0 radical (unpaired) electrons. The van der Waals surface area contributed by atoms with Gasteiger partial charge in [-0.1, -0.05) is 0 Å². The topological polar surface area (TPSA) is 93.5 Å². The van der Waals surface area contributed by atoms with Crippen LogP contribution < -0.4 is 5.32 Å². The van der Waals surface area contributed by atoms with Crippen LogP contribution in [0.2, 0.25) is 0 Å². The van der Waals surface area contributed by atoms with E-state index in [0.717, 1.165) is 11.3 Å². The Bertz CT molecular complexity index is 655. The minimum Gasteiger partial charge on any atom is -0.325 e. The Morgan fingerprint density at radius 1 is 1.32 bits per heavy atom. The van der Waals surface area contributed by atoms with Gasteiger partial charge in [-0.2, -0.15) is 5.26 Å². The summed E-state index contributed by atoms with van der Waals surface area (Å²) in [4.78, 5) is 38.7. The predicted molar refractivity (Wildman–Crippen MR) is 76.6 cm³/mol. The SMILES string of the molecule is N#Cc1ccc(NC(=O)CN2C(=O)[C@H]3CCCN3C2=O)cc1. The summed E-state index contributed by atoms with van der Waals surface area (Å²) in [6.07, 6.45) is 1.49. The Morgan fingerprint density at radius 2 is 2.05 bits per heavy atom. The van der Waals surface area contributed by atoms with Crippen molar-refractivity contribution in [1.82, 2.24) is 9.80 Å². The third-order valence-electron chi connectivity index (χ3n) is 3.88. The number of hydrogen-bond donors (Lipinski definition) is 1. The lowest BCUT2D eigenvalue weighted by Gasteiger charge is -2.15. The number of urea groups is 1. The molecular weight excluding hydrogens is 284 g/mol. The summed E-state index contributed by atoms with van der Waals surface area (Å²) in [6.45, 7) is 0.285. The van der Waals surface area contributed by atoms with Crippen LogP contribution in [0.1, 0.15) is 18.4 Å². The second kappa shape index (κ2) is 5.48. The van der Waals surface area contributed by atoms with E-state index in [0.29, 0.717) is 24.2 Å². The first-order chi connectivity index (χ1) is 10.6. The van der Waals surface area contributed by atoms with Crippen molar-refractivity contribution in [3.8, 4) is 6.07 Å². The van der Waals surface area contributed by atoms with Crippen molar-refractivity contribution in [2.24, 2.45) is 0 Å². The van der Waals surface area contributed by atoms with Crippen LogP contribution in [0.5, 0.6) is 0 Å². The predicted octanol–water partition coefficient (Wildman–Crippen LogP) is 0.923. The van der Waals surface area contributed by atoms with Crippen LogP contribution in [0.25, 0.3) is 0 Å². The quantitative estimate of drug-likeness (QED) is 0.840. The van der Waals surface area contributed by atoms with Crippen molar-refractivity contribution in [1.29, 1.82) is 5.26 Å². The fourth-order valence-electron chi connectivity index (χ4n) is 2.80. The molecule has 7 heteroatoms. The van der Waals surface area contributed by atoms with Gasteiger partial charge in [0.2, 0.25) is 5.91 Å². The largest absolute Gasteiger partial charge is 0.327 e. The van der Waals surface area contributed by atoms with Crippen molar-refractivity contribution in [3.05, 3.63) is 29.8 Å². The van der Waals surface area contributed by atoms with Crippen LogP contribution in [-0.4, -0.2) is 46.8 Å². The molecule has 1 aromatic rings. The molecule has 0 aromatic heterocycles. The van der Waals surface area contributed by atoms with Gasteiger partial charge in [-0.15, -0.1) is 0 Å². The summed E-state index contributed by atoms with van der Waals surface area (Å²) in [6, 6.07) is 7.57. The summed E-state index contributed by atoms with van der Waals surface area (Å²) >= 11 is 0. The molecule has 2 aliphatic heterocycles. The average molecular weight is 298 g/mol. The zero-order chi connectivity index (χ0) is 15.7. The van der Waals surface area contributed by atoms with Gasteiger partial charge in [0.25, 0.3) is 5.91 Å². The number of carbonyl (C=O) groups is 3. The number of amides is 4. The van der Waals surface area contributed by atoms with Crippen molar-refractivity contribution in [2.75, 3.05) is 18.4 Å². The zero-order valence-corrected chi connectivity index (χ0v) is 11.8. The van der Waals surface area contributed by atoms with Gasteiger partial charge in [0.15, 0.2) is 0 Å². The fourth-order valence-corrected chi connectivity index (χ4v) is 2.80. The first kappa shape index (κ1) is 14.1. The highest BCUT2D eigenvalue weighted by atomic mass is 16.2. The Kier molecular flexibility index (Phi) is 3.51. The Balaban J connectivity index is 1.63. The van der Waals surface area contributed by atoms with Gasteiger partial charge in [-0.05, 0) is 37.1 Å². The van der Waals surface area contributed by atoms with Gasteiger partial charge in [0, 0.05) is 12.2 Å². The number of nitrogens with zero attached hydrogens (tertiary/aromatic N) is 3. The van der Waals surface area contributed by atoms with E-state index in [1.165, 1.54) is 4.90 Å². The van der Waals surface area contributed by atoms with Crippen molar-refractivity contribution in [2.45, 2.75) is 18.9 Å². The maximum absolute atomic E-state index is 12.1. The second-order valence-corrected chi connectivity index (χ2v) is 5.30. The monoisotopic (exact) mass is 298 g/mol. The van der Waals surface area contributed by atoms with Crippen LogP contribution in [-0.2, 0) is 9.59 Å². The van der Waals surface area contributed by atoms with E-state index in [1.54, 1.807) is 24.3 Å². The standard InChI is InChI=1S/C15H14N4O3/c16-8-10-3-5-11(6-4-10)17-13(20)9-19-14(21)12-2-1-7-18(12)15(19)22/h3-6,12H,1-2,7,9H2,(H,17,20)/t12-/m1/s1. The third kappa shape index (κ3) is 2.39. The number of hydrogen-bond acceptors (Lipinski definition) is 4. The summed E-state index contributed by atoms with van der Waals surface area (Å²) in [7, 11) is 0. The number of rotatable bonds is 3. The maximum Gasteiger partial charge on any atom is 0.327 e. The summed E-state index contributed by atoms with van der Waals surface area (Å²) < 4.78 is 0.